The summed E-state index contributed by atoms with van der Waals surface area (Å²) >= 11 is 6.38. The fourth-order valence-corrected chi connectivity index (χ4v) is 4.39. The molecule has 3 aliphatic rings. The average Bonchev–Trinajstić information content (AvgIpc) is 3.35. The van der Waals surface area contributed by atoms with E-state index in [2.05, 4.69) is 61.9 Å². The van der Waals surface area contributed by atoms with E-state index in [4.69, 9.17) is 11.6 Å². The number of aliphatic hydroxyl groups excluding tert-OH is 1. The van der Waals surface area contributed by atoms with Gasteiger partial charge in [-0.15, -0.1) is 0 Å². The van der Waals surface area contributed by atoms with E-state index in [0.29, 0.717) is 22.2 Å². The van der Waals surface area contributed by atoms with Crippen LogP contribution in [0.25, 0.3) is 16.7 Å². The van der Waals surface area contributed by atoms with Gasteiger partial charge in [-0.3, -0.25) is 9.79 Å². The van der Waals surface area contributed by atoms with Crippen molar-refractivity contribution in [3.05, 3.63) is 71.3 Å². The number of hydrogen-bond donors (Lipinski definition) is 2. The van der Waals surface area contributed by atoms with Crippen molar-refractivity contribution in [1.29, 1.82) is 0 Å². The first-order valence-corrected chi connectivity index (χ1v) is 11.4. The molecule has 5 rings (SSSR count). The molecule has 1 aliphatic carbocycles. The molecule has 0 unspecified atom stereocenters. The predicted molar refractivity (Wildman–Crippen MR) is 133 cm³/mol. The molecule has 5 heteroatoms. The normalized spacial score (nSPS) is 21.3. The summed E-state index contributed by atoms with van der Waals surface area (Å²) in [4.78, 5) is 16.0. The Hall–Kier alpha value is -2.69. The van der Waals surface area contributed by atoms with Crippen molar-refractivity contribution in [1.82, 2.24) is 0 Å². The number of benzene rings is 2. The van der Waals surface area contributed by atoms with Crippen LogP contribution in [0.2, 0.25) is 5.02 Å². The highest BCUT2D eigenvalue weighted by Crippen LogP contribution is 2.41. The van der Waals surface area contributed by atoms with Gasteiger partial charge < -0.3 is 10.4 Å². The van der Waals surface area contributed by atoms with Gasteiger partial charge in [0.25, 0.3) is 5.91 Å². The van der Waals surface area contributed by atoms with Gasteiger partial charge in [0.05, 0.1) is 23.4 Å². The van der Waals surface area contributed by atoms with Crippen molar-refractivity contribution in [2.24, 2.45) is 10.4 Å². The van der Waals surface area contributed by atoms with Crippen LogP contribution < -0.4 is 5.32 Å². The molecule has 166 valence electrons. The van der Waals surface area contributed by atoms with Crippen LogP contribution in [-0.2, 0) is 4.79 Å². The van der Waals surface area contributed by atoms with E-state index in [1.165, 1.54) is 11.3 Å². The number of amides is 1. The summed E-state index contributed by atoms with van der Waals surface area (Å²) < 4.78 is 0. The fourth-order valence-electron chi connectivity index (χ4n) is 4.12. The molecule has 2 N–H and O–H groups in total. The second kappa shape index (κ2) is 8.68. The zero-order chi connectivity index (χ0) is 23.0. The molecule has 2 heterocycles. The Labute approximate surface area is 194 Å². The number of halogens is 1. The third-order valence-electron chi connectivity index (χ3n) is 6.17. The lowest BCUT2D eigenvalue weighted by molar-refractivity contribution is -0.110. The maximum atomic E-state index is 11.7. The first kappa shape index (κ1) is 22.5. The van der Waals surface area contributed by atoms with Gasteiger partial charge in [-0.1, -0.05) is 69.3 Å². The molecule has 32 heavy (non-hydrogen) atoms. The monoisotopic (exact) mass is 448 g/mol. The van der Waals surface area contributed by atoms with Crippen molar-refractivity contribution in [3.8, 4) is 11.1 Å². The zero-order valence-corrected chi connectivity index (χ0v) is 19.5. The Bertz CT molecular complexity index is 1120. The Morgan fingerprint density at radius 1 is 1.12 bits per heavy atom. The minimum Gasteiger partial charge on any atom is -0.393 e. The molecule has 0 atom stereocenters. The molecule has 2 aliphatic heterocycles. The topological polar surface area (TPSA) is 61.7 Å². The highest BCUT2D eigenvalue weighted by molar-refractivity contribution is 6.36. The highest BCUT2D eigenvalue weighted by atomic mass is 35.5. The Balaban J connectivity index is 0.000000230. The molecule has 1 amide bonds. The number of aliphatic hydroxyl groups is 1. The molecule has 2 aromatic rings. The molecular formula is C27H29ClN2O2. The lowest BCUT2D eigenvalue weighted by atomic mass is 9.77. The number of carbonyl (C=O) groups excluding carboxylic acids is 1. The SMILES string of the molecule is C=C1C(=O)Nc2cc(Cl)c(-c3ccc(C4CC(O)C4)cc3)cc21.CC(C)(C)C1=NCC=C1. The maximum Gasteiger partial charge on any atom is 0.255 e. The quantitative estimate of drug-likeness (QED) is 0.533. The number of allylic oxidation sites excluding steroid dienone is 1. The minimum atomic E-state index is -0.174. The van der Waals surface area contributed by atoms with Crippen molar-refractivity contribution in [2.45, 2.75) is 45.6 Å². The Morgan fingerprint density at radius 2 is 1.81 bits per heavy atom. The minimum absolute atomic E-state index is 0.151. The number of anilines is 1. The van der Waals surface area contributed by atoms with Crippen LogP contribution in [0.3, 0.4) is 0 Å². The summed E-state index contributed by atoms with van der Waals surface area (Å²) in [5.41, 5.74) is 6.61. The highest BCUT2D eigenvalue weighted by Gasteiger charge is 2.28. The fraction of sp³-hybridized carbons (Fsp3) is 0.333. The van der Waals surface area contributed by atoms with Gasteiger partial charge in [0.15, 0.2) is 0 Å². The van der Waals surface area contributed by atoms with Gasteiger partial charge in [-0.05, 0) is 48.1 Å². The van der Waals surface area contributed by atoms with E-state index in [0.717, 1.165) is 36.1 Å². The molecular weight excluding hydrogens is 420 g/mol. The first-order valence-electron chi connectivity index (χ1n) is 11.0. The summed E-state index contributed by atoms with van der Waals surface area (Å²) in [6, 6.07) is 12.0. The molecule has 0 bridgehead atoms. The number of rotatable bonds is 2. The Morgan fingerprint density at radius 3 is 2.34 bits per heavy atom. The number of hydrogen-bond acceptors (Lipinski definition) is 3. The van der Waals surface area contributed by atoms with Crippen molar-refractivity contribution >= 4 is 34.5 Å². The number of nitrogens with one attached hydrogen (secondary N) is 1. The van der Waals surface area contributed by atoms with E-state index in [1.54, 1.807) is 6.07 Å². The van der Waals surface area contributed by atoms with Gasteiger partial charge in [0, 0.05) is 27.8 Å². The van der Waals surface area contributed by atoms with E-state index >= 15 is 0 Å². The van der Waals surface area contributed by atoms with Crippen LogP contribution in [-0.4, -0.2) is 29.4 Å². The summed E-state index contributed by atoms with van der Waals surface area (Å²) in [7, 11) is 0. The standard InChI is InChI=1S/C19H16ClNO2.C8H13N/c1-10-15-8-16(17(20)9-18(15)21-19(10)23)12-4-2-11(3-5-12)13-6-14(22)7-13;1-8(2,3)7-5-4-6-9-7/h2-5,8-9,13-14,22H,1,6-7H2,(H,21,23);4-5H,6H2,1-3H3. The van der Waals surface area contributed by atoms with Gasteiger partial charge in [0.1, 0.15) is 0 Å². The first-order chi connectivity index (χ1) is 15.1. The summed E-state index contributed by atoms with van der Waals surface area (Å²) in [5, 5.41) is 12.8. The molecule has 0 spiro atoms. The second-order valence-corrected chi connectivity index (χ2v) is 10.0. The summed E-state index contributed by atoms with van der Waals surface area (Å²) in [6.45, 7) is 11.3. The largest absolute Gasteiger partial charge is 0.393 e. The van der Waals surface area contributed by atoms with Crippen LogP contribution in [0, 0.1) is 5.41 Å². The molecule has 4 nitrogen and oxygen atoms in total. The predicted octanol–water partition coefficient (Wildman–Crippen LogP) is 6.25. The lowest BCUT2D eigenvalue weighted by Gasteiger charge is -2.31. The number of nitrogens with zero attached hydrogens (tertiary/aromatic N) is 1. The third kappa shape index (κ3) is 4.57. The second-order valence-electron chi connectivity index (χ2n) is 9.63. The smallest absolute Gasteiger partial charge is 0.255 e. The zero-order valence-electron chi connectivity index (χ0n) is 18.8. The molecule has 0 radical (unpaired) electrons. The van der Waals surface area contributed by atoms with Crippen LogP contribution >= 0.6 is 11.6 Å². The van der Waals surface area contributed by atoms with Crippen LogP contribution in [0.1, 0.15) is 50.7 Å². The summed E-state index contributed by atoms with van der Waals surface area (Å²) in [5.74, 6) is 0.281. The summed E-state index contributed by atoms with van der Waals surface area (Å²) in [6.07, 6.45) is 5.74. The number of aliphatic imine (C=N–C) groups is 1. The molecule has 0 saturated heterocycles. The van der Waals surface area contributed by atoms with E-state index in [1.807, 2.05) is 18.2 Å². The van der Waals surface area contributed by atoms with Crippen LogP contribution in [0.4, 0.5) is 5.69 Å². The van der Waals surface area contributed by atoms with E-state index in [-0.39, 0.29) is 17.4 Å². The number of carbonyl (C=O) groups is 1. The third-order valence-corrected chi connectivity index (χ3v) is 6.48. The van der Waals surface area contributed by atoms with Crippen molar-refractivity contribution in [2.75, 3.05) is 11.9 Å². The molecule has 1 saturated carbocycles. The van der Waals surface area contributed by atoms with E-state index in [9.17, 15) is 9.90 Å². The Kier molecular flexibility index (Phi) is 6.11. The van der Waals surface area contributed by atoms with Gasteiger partial charge >= 0.3 is 0 Å². The van der Waals surface area contributed by atoms with Crippen LogP contribution in [0.5, 0.6) is 0 Å². The molecule has 2 aromatic carbocycles. The van der Waals surface area contributed by atoms with Gasteiger partial charge in [-0.25, -0.2) is 0 Å². The number of fused-ring (bicyclic) bond motifs is 1. The van der Waals surface area contributed by atoms with Crippen molar-refractivity contribution < 1.29 is 9.90 Å². The lowest BCUT2D eigenvalue weighted by Crippen LogP contribution is -2.26. The van der Waals surface area contributed by atoms with E-state index < -0.39 is 0 Å². The maximum absolute atomic E-state index is 11.7. The van der Waals surface area contributed by atoms with Crippen LogP contribution in [0.15, 0.2) is 60.1 Å². The van der Waals surface area contributed by atoms with Gasteiger partial charge in [0.2, 0.25) is 0 Å². The average molecular weight is 449 g/mol. The van der Waals surface area contributed by atoms with Crippen molar-refractivity contribution in [3.63, 3.8) is 0 Å². The molecule has 0 aromatic heterocycles. The molecule has 1 fully saturated rings. The van der Waals surface area contributed by atoms with Gasteiger partial charge in [-0.2, -0.15) is 0 Å².